The van der Waals surface area contributed by atoms with Crippen molar-refractivity contribution in [1.29, 1.82) is 0 Å². The Labute approximate surface area is 163 Å². The summed E-state index contributed by atoms with van der Waals surface area (Å²) < 4.78 is 11.1. The summed E-state index contributed by atoms with van der Waals surface area (Å²) in [4.78, 5) is 24.4. The molecule has 3 unspecified atom stereocenters. The molecule has 0 radical (unpaired) electrons. The average Bonchev–Trinajstić information content (AvgIpc) is 3.48. The number of amides is 1. The zero-order chi connectivity index (χ0) is 19.8. The van der Waals surface area contributed by atoms with Crippen LogP contribution >= 0.6 is 0 Å². The Morgan fingerprint density at radius 1 is 1.04 bits per heavy atom. The zero-order valence-electron chi connectivity index (χ0n) is 15.9. The number of carbonyl (C=O) groups excluding carboxylic acids is 1. The average molecular weight is 381 g/mol. The number of ether oxygens (including phenoxy) is 2. The van der Waals surface area contributed by atoms with Crippen LogP contribution in [0.3, 0.4) is 0 Å². The van der Waals surface area contributed by atoms with Crippen LogP contribution in [-0.2, 0) is 9.59 Å². The first kappa shape index (κ1) is 18.3. The topological polar surface area (TPSA) is 84.9 Å². The van der Waals surface area contributed by atoms with Crippen LogP contribution in [-0.4, -0.2) is 30.2 Å². The van der Waals surface area contributed by atoms with Gasteiger partial charge in [0.15, 0.2) is 17.5 Å². The fraction of sp³-hybridized carbons (Fsp3) is 0.364. The molecule has 28 heavy (non-hydrogen) atoms. The lowest BCUT2D eigenvalue weighted by molar-refractivity contribution is -0.142. The molecule has 3 atom stereocenters. The molecule has 6 nitrogen and oxygen atoms in total. The Kier molecular flexibility index (Phi) is 4.71. The van der Waals surface area contributed by atoms with Crippen molar-refractivity contribution in [1.82, 2.24) is 5.32 Å². The summed E-state index contributed by atoms with van der Waals surface area (Å²) >= 11 is 0. The van der Waals surface area contributed by atoms with E-state index in [0.29, 0.717) is 30.9 Å². The number of nitrogens with one attached hydrogen (secondary N) is 1. The van der Waals surface area contributed by atoms with Crippen LogP contribution in [0.25, 0.3) is 0 Å². The molecule has 1 heterocycles. The van der Waals surface area contributed by atoms with Gasteiger partial charge in [-0.05, 0) is 60.6 Å². The van der Waals surface area contributed by atoms with E-state index in [2.05, 4.69) is 5.32 Å². The molecule has 0 saturated heterocycles. The van der Waals surface area contributed by atoms with Gasteiger partial charge in [0.25, 0.3) is 0 Å². The van der Waals surface area contributed by atoms with Crippen LogP contribution in [0.2, 0.25) is 0 Å². The maximum Gasteiger partial charge on any atom is 0.330 e. The van der Waals surface area contributed by atoms with E-state index in [1.54, 1.807) is 6.07 Å². The second-order valence-electron chi connectivity index (χ2n) is 7.48. The third-order valence-corrected chi connectivity index (χ3v) is 5.52. The van der Waals surface area contributed by atoms with Gasteiger partial charge in [-0.25, -0.2) is 4.79 Å². The molecule has 1 fully saturated rings. The number of aliphatic carboxylic acids is 1. The van der Waals surface area contributed by atoms with E-state index in [1.165, 1.54) is 0 Å². The number of aryl methyl sites for hydroxylation is 2. The lowest BCUT2D eigenvalue weighted by atomic mass is 10.0. The monoisotopic (exact) mass is 381 g/mol. The van der Waals surface area contributed by atoms with Crippen LogP contribution < -0.4 is 14.8 Å². The predicted octanol–water partition coefficient (Wildman–Crippen LogP) is 3.12. The van der Waals surface area contributed by atoms with Crippen LogP contribution in [0, 0.1) is 19.8 Å². The lowest BCUT2D eigenvalue weighted by Crippen LogP contribution is -2.35. The molecule has 146 valence electrons. The molecular weight excluding hydrogens is 358 g/mol. The minimum absolute atomic E-state index is 0.0741. The maximum absolute atomic E-state index is 12.7. The molecule has 2 N–H and O–H groups in total. The van der Waals surface area contributed by atoms with Crippen LogP contribution in [0.1, 0.15) is 40.6 Å². The van der Waals surface area contributed by atoms with Crippen molar-refractivity contribution in [3.05, 3.63) is 58.7 Å². The second kappa shape index (κ2) is 7.19. The zero-order valence-corrected chi connectivity index (χ0v) is 15.9. The third kappa shape index (κ3) is 3.54. The van der Waals surface area contributed by atoms with E-state index in [4.69, 9.17) is 9.47 Å². The predicted molar refractivity (Wildman–Crippen MR) is 103 cm³/mol. The molecule has 4 rings (SSSR count). The molecule has 1 aliphatic carbocycles. The first-order valence-electron chi connectivity index (χ1n) is 9.44. The molecule has 1 saturated carbocycles. The van der Waals surface area contributed by atoms with Gasteiger partial charge in [-0.2, -0.15) is 0 Å². The van der Waals surface area contributed by atoms with E-state index in [-0.39, 0.29) is 17.7 Å². The van der Waals surface area contributed by atoms with E-state index >= 15 is 0 Å². The lowest BCUT2D eigenvalue weighted by Gasteiger charge is -2.19. The smallest absolute Gasteiger partial charge is 0.330 e. The van der Waals surface area contributed by atoms with Gasteiger partial charge in [0, 0.05) is 5.92 Å². The number of carbonyl (C=O) groups is 2. The summed E-state index contributed by atoms with van der Waals surface area (Å²) in [6.45, 7) is 4.95. The Morgan fingerprint density at radius 3 is 2.50 bits per heavy atom. The van der Waals surface area contributed by atoms with Crippen molar-refractivity contribution in [2.24, 2.45) is 5.92 Å². The molecule has 0 spiro atoms. The molecule has 1 aliphatic heterocycles. The van der Waals surface area contributed by atoms with E-state index in [0.717, 1.165) is 22.4 Å². The number of benzene rings is 2. The summed E-state index contributed by atoms with van der Waals surface area (Å²) in [5, 5.41) is 12.3. The van der Waals surface area contributed by atoms with Crippen molar-refractivity contribution in [3.63, 3.8) is 0 Å². The van der Waals surface area contributed by atoms with Crippen molar-refractivity contribution in [2.75, 3.05) is 13.2 Å². The van der Waals surface area contributed by atoms with Crippen LogP contribution in [0.5, 0.6) is 11.5 Å². The minimum Gasteiger partial charge on any atom is -0.486 e. The van der Waals surface area contributed by atoms with Crippen molar-refractivity contribution in [2.45, 2.75) is 32.2 Å². The Morgan fingerprint density at radius 2 is 1.79 bits per heavy atom. The van der Waals surface area contributed by atoms with Gasteiger partial charge in [-0.15, -0.1) is 0 Å². The van der Waals surface area contributed by atoms with Gasteiger partial charge >= 0.3 is 5.97 Å². The van der Waals surface area contributed by atoms with Gasteiger partial charge in [-0.3, -0.25) is 4.79 Å². The quantitative estimate of drug-likeness (QED) is 0.831. The summed E-state index contributed by atoms with van der Waals surface area (Å²) in [7, 11) is 0. The Balaban J connectivity index is 1.46. The summed E-state index contributed by atoms with van der Waals surface area (Å²) in [5.74, 6) is -0.0229. The number of rotatable bonds is 5. The fourth-order valence-electron chi connectivity index (χ4n) is 3.62. The van der Waals surface area contributed by atoms with Gasteiger partial charge in [-0.1, -0.05) is 24.3 Å². The highest BCUT2D eigenvalue weighted by atomic mass is 16.6. The van der Waals surface area contributed by atoms with Crippen molar-refractivity contribution < 1.29 is 24.2 Å². The molecule has 2 aliphatic rings. The first-order valence-corrected chi connectivity index (χ1v) is 9.44. The molecular formula is C22H23NO5. The summed E-state index contributed by atoms with van der Waals surface area (Å²) in [6.07, 6.45) is 0.699. The number of carboxylic acids is 1. The highest BCUT2D eigenvalue weighted by molar-refractivity contribution is 5.88. The van der Waals surface area contributed by atoms with E-state index in [9.17, 15) is 14.7 Å². The molecule has 6 heteroatoms. The normalized spacial score (nSPS) is 20.9. The van der Waals surface area contributed by atoms with Gasteiger partial charge in [0.2, 0.25) is 5.91 Å². The molecule has 2 aromatic carbocycles. The number of fused-ring (bicyclic) bond motifs is 1. The standard InChI is InChI=1S/C22H23NO5/c1-12-3-4-15(9-13(12)2)20(22(25)26)23-21(24)17-11-16(17)14-5-6-18-19(10-14)28-8-7-27-18/h3-6,9-10,16-17,20H,7-8,11H2,1-2H3,(H,23,24)(H,25,26). The number of carboxylic acid groups (broad SMARTS) is 1. The maximum atomic E-state index is 12.7. The third-order valence-electron chi connectivity index (χ3n) is 5.52. The van der Waals surface area contributed by atoms with Gasteiger partial charge < -0.3 is 19.9 Å². The molecule has 1 amide bonds. The number of hydrogen-bond acceptors (Lipinski definition) is 4. The van der Waals surface area contributed by atoms with E-state index in [1.807, 2.05) is 44.2 Å². The fourth-order valence-corrected chi connectivity index (χ4v) is 3.62. The molecule has 2 aromatic rings. The van der Waals surface area contributed by atoms with Crippen LogP contribution in [0.4, 0.5) is 0 Å². The largest absolute Gasteiger partial charge is 0.486 e. The minimum atomic E-state index is -1.06. The molecule has 0 aromatic heterocycles. The Bertz CT molecular complexity index is 939. The van der Waals surface area contributed by atoms with Crippen LogP contribution in [0.15, 0.2) is 36.4 Å². The SMILES string of the molecule is Cc1ccc(C(NC(=O)C2CC2c2ccc3c(c2)OCCO3)C(=O)O)cc1C. The second-order valence-corrected chi connectivity index (χ2v) is 7.48. The van der Waals surface area contributed by atoms with Gasteiger partial charge in [0.05, 0.1) is 0 Å². The first-order chi connectivity index (χ1) is 13.4. The van der Waals surface area contributed by atoms with Crippen molar-refractivity contribution in [3.8, 4) is 11.5 Å². The van der Waals surface area contributed by atoms with Gasteiger partial charge in [0.1, 0.15) is 13.2 Å². The summed E-state index contributed by atoms with van der Waals surface area (Å²) in [5.41, 5.74) is 3.68. The Hall–Kier alpha value is -3.02. The highest BCUT2D eigenvalue weighted by Crippen LogP contribution is 2.49. The highest BCUT2D eigenvalue weighted by Gasteiger charge is 2.45. The van der Waals surface area contributed by atoms with Crippen molar-refractivity contribution >= 4 is 11.9 Å². The van der Waals surface area contributed by atoms with E-state index < -0.39 is 12.0 Å². The number of hydrogen-bond donors (Lipinski definition) is 2. The molecule has 0 bridgehead atoms. The summed E-state index contributed by atoms with van der Waals surface area (Å²) in [6, 6.07) is 10.1.